The maximum atomic E-state index is 5.80. The highest BCUT2D eigenvalue weighted by molar-refractivity contribution is 9.09. The summed E-state index contributed by atoms with van der Waals surface area (Å²) in [5, 5.41) is 0.972. The molecule has 3 unspecified atom stereocenters. The van der Waals surface area contributed by atoms with Gasteiger partial charge in [-0.3, -0.25) is 0 Å². The Labute approximate surface area is 87.6 Å². The van der Waals surface area contributed by atoms with Crippen LogP contribution in [0.3, 0.4) is 0 Å². The third-order valence-corrected chi connectivity index (χ3v) is 3.81. The lowest BCUT2D eigenvalue weighted by Gasteiger charge is -2.01. The van der Waals surface area contributed by atoms with Crippen LogP contribution in [0.15, 0.2) is 16.5 Å². The molecule has 2 rings (SSSR count). The molecule has 0 amide bonds. The van der Waals surface area contributed by atoms with Crippen LogP contribution in [0.5, 0.6) is 0 Å². The van der Waals surface area contributed by atoms with Crippen molar-refractivity contribution in [1.29, 1.82) is 0 Å². The van der Waals surface area contributed by atoms with Gasteiger partial charge < -0.3 is 4.42 Å². The molecule has 0 N–H and O–H groups in total. The van der Waals surface area contributed by atoms with Crippen molar-refractivity contribution >= 4 is 15.9 Å². The van der Waals surface area contributed by atoms with Crippen LogP contribution in [0.2, 0.25) is 0 Å². The van der Waals surface area contributed by atoms with Gasteiger partial charge in [-0.25, -0.2) is 0 Å². The van der Waals surface area contributed by atoms with Crippen molar-refractivity contribution in [2.75, 3.05) is 5.33 Å². The topological polar surface area (TPSA) is 13.1 Å². The minimum atomic E-state index is 0.489. The first-order valence-corrected chi connectivity index (χ1v) is 6.00. The minimum Gasteiger partial charge on any atom is -0.465 e. The zero-order valence-corrected chi connectivity index (χ0v) is 9.67. The number of alkyl halides is 1. The molecule has 1 aliphatic carbocycles. The molecule has 0 spiro atoms. The molecule has 0 radical (unpaired) electrons. The summed E-state index contributed by atoms with van der Waals surface area (Å²) in [7, 11) is 0. The van der Waals surface area contributed by atoms with Gasteiger partial charge in [0.25, 0.3) is 0 Å². The third-order valence-electron chi connectivity index (χ3n) is 2.84. The SMILES string of the molecule is CC(CBr)c1ccc(C2CC2C)o1. The summed E-state index contributed by atoms with van der Waals surface area (Å²) in [5.41, 5.74) is 0. The number of hydrogen-bond acceptors (Lipinski definition) is 1. The van der Waals surface area contributed by atoms with Gasteiger partial charge in [0, 0.05) is 17.2 Å². The number of rotatable bonds is 3. The molecule has 3 atom stereocenters. The van der Waals surface area contributed by atoms with Gasteiger partial charge in [-0.15, -0.1) is 0 Å². The van der Waals surface area contributed by atoms with Crippen LogP contribution in [0.1, 0.15) is 43.6 Å². The van der Waals surface area contributed by atoms with Crippen LogP contribution in [-0.4, -0.2) is 5.33 Å². The Hall–Kier alpha value is -0.240. The molecule has 1 saturated carbocycles. The molecule has 1 aliphatic rings. The van der Waals surface area contributed by atoms with Crippen molar-refractivity contribution in [2.24, 2.45) is 5.92 Å². The highest BCUT2D eigenvalue weighted by Crippen LogP contribution is 2.47. The van der Waals surface area contributed by atoms with Crippen LogP contribution in [-0.2, 0) is 0 Å². The first-order valence-electron chi connectivity index (χ1n) is 4.88. The third kappa shape index (κ3) is 1.83. The summed E-state index contributed by atoms with van der Waals surface area (Å²) < 4.78 is 5.80. The summed E-state index contributed by atoms with van der Waals surface area (Å²) in [6.45, 7) is 4.45. The molecule has 72 valence electrons. The molecule has 1 aromatic rings. The predicted octanol–water partition coefficient (Wildman–Crippen LogP) is 3.90. The summed E-state index contributed by atoms with van der Waals surface area (Å²) in [5.74, 6) is 4.33. The van der Waals surface area contributed by atoms with E-state index in [2.05, 4.69) is 41.9 Å². The van der Waals surface area contributed by atoms with Crippen molar-refractivity contribution in [3.05, 3.63) is 23.7 Å². The Balaban J connectivity index is 2.09. The van der Waals surface area contributed by atoms with Crippen LogP contribution in [0, 0.1) is 5.92 Å². The van der Waals surface area contributed by atoms with E-state index in [4.69, 9.17) is 4.42 Å². The second-order valence-corrected chi connectivity index (χ2v) is 4.76. The van der Waals surface area contributed by atoms with E-state index in [-0.39, 0.29) is 0 Å². The zero-order valence-electron chi connectivity index (χ0n) is 8.09. The van der Waals surface area contributed by atoms with E-state index in [1.807, 2.05) is 0 Å². The van der Waals surface area contributed by atoms with Gasteiger partial charge in [-0.05, 0) is 24.5 Å². The Bertz CT molecular complexity index is 274. The molecule has 0 saturated heterocycles. The highest BCUT2D eigenvalue weighted by atomic mass is 79.9. The van der Waals surface area contributed by atoms with E-state index in [1.54, 1.807) is 0 Å². The summed E-state index contributed by atoms with van der Waals surface area (Å²) in [4.78, 5) is 0. The quantitative estimate of drug-likeness (QED) is 0.734. The monoisotopic (exact) mass is 242 g/mol. The Morgan fingerprint density at radius 2 is 2.31 bits per heavy atom. The fourth-order valence-electron chi connectivity index (χ4n) is 1.63. The van der Waals surface area contributed by atoms with Crippen molar-refractivity contribution in [1.82, 2.24) is 0 Å². The van der Waals surface area contributed by atoms with Gasteiger partial charge >= 0.3 is 0 Å². The van der Waals surface area contributed by atoms with Crippen molar-refractivity contribution in [3.8, 4) is 0 Å². The van der Waals surface area contributed by atoms with Crippen LogP contribution in [0.4, 0.5) is 0 Å². The lowest BCUT2D eigenvalue weighted by atomic mass is 10.2. The zero-order chi connectivity index (χ0) is 9.42. The van der Waals surface area contributed by atoms with Crippen molar-refractivity contribution < 1.29 is 4.42 Å². The first-order chi connectivity index (χ1) is 6.22. The number of hydrogen-bond donors (Lipinski definition) is 0. The fraction of sp³-hybridized carbons (Fsp3) is 0.636. The van der Waals surface area contributed by atoms with Crippen LogP contribution in [0.25, 0.3) is 0 Å². The molecule has 0 aromatic carbocycles. The largest absolute Gasteiger partial charge is 0.465 e. The lowest BCUT2D eigenvalue weighted by Crippen LogP contribution is -1.90. The predicted molar refractivity (Wildman–Crippen MR) is 57.4 cm³/mol. The molecule has 0 bridgehead atoms. The molecule has 1 aromatic heterocycles. The second kappa shape index (κ2) is 3.49. The maximum absolute atomic E-state index is 5.80. The average molecular weight is 243 g/mol. The van der Waals surface area contributed by atoms with Crippen molar-refractivity contribution in [3.63, 3.8) is 0 Å². The lowest BCUT2D eigenvalue weighted by molar-refractivity contribution is 0.447. The smallest absolute Gasteiger partial charge is 0.107 e. The normalized spacial score (nSPS) is 28.8. The van der Waals surface area contributed by atoms with E-state index in [9.17, 15) is 0 Å². The average Bonchev–Trinajstić information content (AvgIpc) is 2.70. The van der Waals surface area contributed by atoms with Gasteiger partial charge in [0.15, 0.2) is 0 Å². The number of halogens is 1. The van der Waals surface area contributed by atoms with E-state index in [0.29, 0.717) is 11.8 Å². The Morgan fingerprint density at radius 1 is 1.62 bits per heavy atom. The summed E-state index contributed by atoms with van der Waals surface area (Å²) in [6.07, 6.45) is 1.30. The molecule has 0 aliphatic heterocycles. The van der Waals surface area contributed by atoms with Crippen LogP contribution < -0.4 is 0 Å². The molecule has 2 heteroatoms. The van der Waals surface area contributed by atoms with Gasteiger partial charge in [-0.1, -0.05) is 29.8 Å². The molecular weight excluding hydrogens is 228 g/mol. The maximum Gasteiger partial charge on any atom is 0.107 e. The molecule has 1 nitrogen and oxygen atoms in total. The molecule has 1 heterocycles. The highest BCUT2D eigenvalue weighted by Gasteiger charge is 2.36. The van der Waals surface area contributed by atoms with E-state index >= 15 is 0 Å². The van der Waals surface area contributed by atoms with Gasteiger partial charge in [0.05, 0.1) is 0 Å². The summed E-state index contributed by atoms with van der Waals surface area (Å²) in [6, 6.07) is 4.26. The van der Waals surface area contributed by atoms with Crippen LogP contribution >= 0.6 is 15.9 Å². The van der Waals surface area contributed by atoms with Crippen molar-refractivity contribution in [2.45, 2.75) is 32.1 Å². The van der Waals surface area contributed by atoms with Gasteiger partial charge in [0.2, 0.25) is 0 Å². The van der Waals surface area contributed by atoms with E-state index in [1.165, 1.54) is 12.2 Å². The van der Waals surface area contributed by atoms with E-state index < -0.39 is 0 Å². The first kappa shape index (κ1) is 9.32. The van der Waals surface area contributed by atoms with Gasteiger partial charge in [0.1, 0.15) is 11.5 Å². The summed E-state index contributed by atoms with van der Waals surface area (Å²) >= 11 is 3.47. The number of furan rings is 1. The molecular formula is C11H15BrO. The Kier molecular flexibility index (Phi) is 2.50. The second-order valence-electron chi connectivity index (χ2n) is 4.11. The van der Waals surface area contributed by atoms with Gasteiger partial charge in [-0.2, -0.15) is 0 Å². The minimum absolute atomic E-state index is 0.489. The molecule has 1 fully saturated rings. The molecule has 13 heavy (non-hydrogen) atoms. The Morgan fingerprint density at radius 3 is 2.85 bits per heavy atom. The van der Waals surface area contributed by atoms with E-state index in [0.717, 1.165) is 17.0 Å². The standard InChI is InChI=1S/C11H15BrO/c1-7-5-9(7)11-4-3-10(13-11)8(2)6-12/h3-4,7-9H,5-6H2,1-2H3. The fourth-order valence-corrected chi connectivity index (χ4v) is 1.95.